The highest BCUT2D eigenvalue weighted by atomic mass is 14.9. The average Bonchev–Trinajstić information content (AvgIpc) is 3.19. The van der Waals surface area contributed by atoms with Gasteiger partial charge in [0.05, 0.1) is 11.9 Å². The topological polar surface area (TPSA) is 50.9 Å². The van der Waals surface area contributed by atoms with Crippen LogP contribution >= 0.6 is 0 Å². The Labute approximate surface area is 103 Å². The van der Waals surface area contributed by atoms with Crippen molar-refractivity contribution in [2.45, 2.75) is 38.1 Å². The van der Waals surface area contributed by atoms with Crippen molar-refractivity contribution in [3.63, 3.8) is 0 Å². The van der Waals surface area contributed by atoms with Crippen LogP contribution in [0.15, 0.2) is 18.3 Å². The second kappa shape index (κ2) is 4.65. The maximum atomic E-state index is 5.62. The van der Waals surface area contributed by atoms with Crippen molar-refractivity contribution in [1.29, 1.82) is 0 Å². The largest absolute Gasteiger partial charge is 0.397 e. The summed E-state index contributed by atoms with van der Waals surface area (Å²) in [6.45, 7) is 1.05. The van der Waals surface area contributed by atoms with E-state index in [1.54, 1.807) is 6.20 Å². The van der Waals surface area contributed by atoms with Gasteiger partial charge in [0.1, 0.15) is 0 Å². The number of aromatic nitrogens is 1. The van der Waals surface area contributed by atoms with Crippen molar-refractivity contribution in [3.05, 3.63) is 24.0 Å². The number of nitrogens with two attached hydrogens (primary N) is 1. The molecule has 17 heavy (non-hydrogen) atoms. The lowest BCUT2D eigenvalue weighted by molar-refractivity contribution is 0.419. The third kappa shape index (κ3) is 2.97. The van der Waals surface area contributed by atoms with Crippen LogP contribution in [0.1, 0.15) is 31.4 Å². The molecule has 3 N–H and O–H groups in total. The highest BCUT2D eigenvalue weighted by molar-refractivity contribution is 5.34. The van der Waals surface area contributed by atoms with Crippen LogP contribution in [0.4, 0.5) is 5.69 Å². The third-order valence-corrected chi connectivity index (χ3v) is 3.87. The van der Waals surface area contributed by atoms with Gasteiger partial charge in [-0.25, -0.2) is 0 Å². The van der Waals surface area contributed by atoms with Crippen LogP contribution in [0.5, 0.6) is 0 Å². The summed E-state index contributed by atoms with van der Waals surface area (Å²) in [4.78, 5) is 4.33. The standard InChI is InChI=1S/C14H21N3/c15-12-5-6-13(17-9-12)7-8-16-14(10-1-2-10)11-3-4-11/h5-6,9-11,14,16H,1-4,7-8,15H2. The van der Waals surface area contributed by atoms with Crippen LogP contribution in [0.25, 0.3) is 0 Å². The molecule has 0 bridgehead atoms. The van der Waals surface area contributed by atoms with E-state index in [4.69, 9.17) is 5.73 Å². The molecule has 2 aliphatic rings. The molecule has 0 atom stereocenters. The van der Waals surface area contributed by atoms with E-state index in [1.165, 1.54) is 25.7 Å². The van der Waals surface area contributed by atoms with Crippen molar-refractivity contribution in [1.82, 2.24) is 10.3 Å². The van der Waals surface area contributed by atoms with E-state index in [0.29, 0.717) is 0 Å². The van der Waals surface area contributed by atoms with Crippen molar-refractivity contribution >= 4 is 5.69 Å². The normalized spacial score (nSPS) is 19.8. The highest BCUT2D eigenvalue weighted by Crippen LogP contribution is 2.44. The molecular weight excluding hydrogens is 210 g/mol. The smallest absolute Gasteiger partial charge is 0.0501 e. The van der Waals surface area contributed by atoms with Gasteiger partial charge in [-0.1, -0.05) is 0 Å². The second-order valence-corrected chi connectivity index (χ2v) is 5.49. The summed E-state index contributed by atoms with van der Waals surface area (Å²) in [7, 11) is 0. The molecule has 1 aromatic heterocycles. The van der Waals surface area contributed by atoms with Gasteiger partial charge in [-0.15, -0.1) is 0 Å². The third-order valence-electron chi connectivity index (χ3n) is 3.87. The molecule has 1 aromatic rings. The molecule has 0 radical (unpaired) electrons. The van der Waals surface area contributed by atoms with Crippen LogP contribution in [0.2, 0.25) is 0 Å². The first kappa shape index (κ1) is 11.0. The maximum Gasteiger partial charge on any atom is 0.0501 e. The molecule has 2 aliphatic carbocycles. The van der Waals surface area contributed by atoms with Gasteiger partial charge >= 0.3 is 0 Å². The van der Waals surface area contributed by atoms with E-state index in [1.807, 2.05) is 12.1 Å². The summed E-state index contributed by atoms with van der Waals surface area (Å²) in [6, 6.07) is 4.76. The van der Waals surface area contributed by atoms with Gasteiger partial charge in [0.15, 0.2) is 0 Å². The molecule has 3 nitrogen and oxygen atoms in total. The van der Waals surface area contributed by atoms with E-state index in [0.717, 1.165) is 42.2 Å². The zero-order valence-corrected chi connectivity index (χ0v) is 10.2. The van der Waals surface area contributed by atoms with Gasteiger partial charge in [-0.3, -0.25) is 4.98 Å². The Kier molecular flexibility index (Phi) is 3.02. The van der Waals surface area contributed by atoms with E-state index in [9.17, 15) is 0 Å². The quantitative estimate of drug-likeness (QED) is 0.787. The van der Waals surface area contributed by atoms with Gasteiger partial charge in [0, 0.05) is 24.7 Å². The van der Waals surface area contributed by atoms with E-state index >= 15 is 0 Å². The molecule has 0 saturated heterocycles. The van der Waals surface area contributed by atoms with Gasteiger partial charge < -0.3 is 11.1 Å². The van der Waals surface area contributed by atoms with Gasteiger partial charge in [0.2, 0.25) is 0 Å². The van der Waals surface area contributed by atoms with E-state index in [2.05, 4.69) is 10.3 Å². The minimum atomic E-state index is 0.746. The minimum absolute atomic E-state index is 0.746. The molecule has 0 unspecified atom stereocenters. The summed E-state index contributed by atoms with van der Waals surface area (Å²) in [6.07, 6.45) is 8.51. The Morgan fingerprint density at radius 2 is 1.94 bits per heavy atom. The molecule has 0 spiro atoms. The molecule has 92 valence electrons. The zero-order valence-electron chi connectivity index (χ0n) is 10.2. The summed E-state index contributed by atoms with van der Waals surface area (Å²) in [5.41, 5.74) is 7.50. The fourth-order valence-corrected chi connectivity index (χ4v) is 2.58. The molecule has 3 rings (SSSR count). The Balaban J connectivity index is 1.45. The van der Waals surface area contributed by atoms with Crippen molar-refractivity contribution in [2.75, 3.05) is 12.3 Å². The Hall–Kier alpha value is -1.09. The number of nitrogens with one attached hydrogen (secondary N) is 1. The number of nitrogens with zero attached hydrogens (tertiary/aromatic N) is 1. The fraction of sp³-hybridized carbons (Fsp3) is 0.643. The molecule has 0 aromatic carbocycles. The lowest BCUT2D eigenvalue weighted by atomic mass is 10.1. The van der Waals surface area contributed by atoms with Crippen LogP contribution in [-0.2, 0) is 6.42 Å². The first-order chi connectivity index (χ1) is 8.33. The van der Waals surface area contributed by atoms with Gasteiger partial charge in [-0.05, 0) is 49.7 Å². The average molecular weight is 231 g/mol. The monoisotopic (exact) mass is 231 g/mol. The molecule has 2 saturated carbocycles. The van der Waals surface area contributed by atoms with Crippen molar-refractivity contribution in [3.8, 4) is 0 Å². The maximum absolute atomic E-state index is 5.62. The summed E-state index contributed by atoms with van der Waals surface area (Å²) >= 11 is 0. The molecule has 0 amide bonds. The van der Waals surface area contributed by atoms with Crippen LogP contribution in [-0.4, -0.2) is 17.6 Å². The number of rotatable bonds is 6. The van der Waals surface area contributed by atoms with E-state index in [-0.39, 0.29) is 0 Å². The summed E-state index contributed by atoms with van der Waals surface area (Å²) in [5.74, 6) is 1.95. The number of pyridine rings is 1. The first-order valence-electron chi connectivity index (χ1n) is 6.77. The minimum Gasteiger partial charge on any atom is -0.397 e. The van der Waals surface area contributed by atoms with Crippen LogP contribution in [0.3, 0.4) is 0 Å². The Morgan fingerprint density at radius 3 is 2.47 bits per heavy atom. The number of anilines is 1. The van der Waals surface area contributed by atoms with Crippen LogP contribution in [0, 0.1) is 11.8 Å². The molecule has 2 fully saturated rings. The van der Waals surface area contributed by atoms with Crippen molar-refractivity contribution in [2.24, 2.45) is 11.8 Å². The number of nitrogen functional groups attached to an aromatic ring is 1. The Morgan fingerprint density at radius 1 is 1.24 bits per heavy atom. The van der Waals surface area contributed by atoms with Crippen LogP contribution < -0.4 is 11.1 Å². The predicted octanol–water partition coefficient (Wildman–Crippen LogP) is 1.98. The number of hydrogen-bond donors (Lipinski definition) is 2. The predicted molar refractivity (Wildman–Crippen MR) is 69.6 cm³/mol. The lowest BCUT2D eigenvalue weighted by Gasteiger charge is -2.17. The zero-order chi connectivity index (χ0) is 11.7. The van der Waals surface area contributed by atoms with Crippen molar-refractivity contribution < 1.29 is 0 Å². The van der Waals surface area contributed by atoms with E-state index < -0.39 is 0 Å². The Bertz CT molecular complexity index is 354. The highest BCUT2D eigenvalue weighted by Gasteiger charge is 2.40. The lowest BCUT2D eigenvalue weighted by Crippen LogP contribution is -2.34. The first-order valence-corrected chi connectivity index (χ1v) is 6.77. The molecular formula is C14H21N3. The second-order valence-electron chi connectivity index (χ2n) is 5.49. The summed E-state index contributed by atoms with van der Waals surface area (Å²) < 4.78 is 0. The van der Waals surface area contributed by atoms with Gasteiger partial charge in [0.25, 0.3) is 0 Å². The SMILES string of the molecule is Nc1ccc(CCNC(C2CC2)C2CC2)nc1. The summed E-state index contributed by atoms with van der Waals surface area (Å²) in [5, 5.41) is 3.74. The fourth-order valence-electron chi connectivity index (χ4n) is 2.58. The van der Waals surface area contributed by atoms with Gasteiger partial charge in [-0.2, -0.15) is 0 Å². The molecule has 0 aliphatic heterocycles. The molecule has 1 heterocycles. The molecule has 3 heteroatoms. The number of hydrogen-bond acceptors (Lipinski definition) is 3.